The highest BCUT2D eigenvalue weighted by Crippen LogP contribution is 2.49. The third-order valence-electron chi connectivity index (χ3n) is 4.55. The van der Waals surface area contributed by atoms with Crippen LogP contribution in [0.4, 0.5) is 4.39 Å². The predicted octanol–water partition coefficient (Wildman–Crippen LogP) is 6.09. The minimum Gasteiger partial charge on any atom is -0.238 e. The number of unbranched alkanes of at least 4 members (excludes halogenated alkanes) is 1. The summed E-state index contributed by atoms with van der Waals surface area (Å²) in [6, 6.07) is 0. The van der Waals surface area contributed by atoms with Crippen LogP contribution < -0.4 is 0 Å². The number of allylic oxidation sites excluding steroid dienone is 2. The van der Waals surface area contributed by atoms with E-state index in [1.54, 1.807) is 6.08 Å². The van der Waals surface area contributed by atoms with Crippen molar-refractivity contribution in [3.8, 4) is 0 Å². The molecule has 0 saturated carbocycles. The summed E-state index contributed by atoms with van der Waals surface area (Å²) in [5, 5.41) is 0. The van der Waals surface area contributed by atoms with Crippen LogP contribution in [0, 0.1) is 11.3 Å². The Labute approximate surface area is 113 Å². The molecule has 0 rings (SSSR count). The lowest BCUT2D eigenvalue weighted by Gasteiger charge is -2.45. The highest BCUT2D eigenvalue weighted by Gasteiger charge is 2.48. The Hall–Kier alpha value is -0.590. The van der Waals surface area contributed by atoms with Crippen molar-refractivity contribution >= 4 is 0 Å². The summed E-state index contributed by atoms with van der Waals surface area (Å²) in [4.78, 5) is 0. The van der Waals surface area contributed by atoms with E-state index in [1.165, 1.54) is 0 Å². The molecule has 0 bridgehead atoms. The minimum absolute atomic E-state index is 0.283. The van der Waals surface area contributed by atoms with Crippen molar-refractivity contribution in [3.63, 3.8) is 0 Å². The van der Waals surface area contributed by atoms with Gasteiger partial charge in [-0.1, -0.05) is 53.7 Å². The first-order chi connectivity index (χ1) is 8.24. The number of rotatable bonds is 9. The SMILES string of the molecule is C=CCCC(F)(C(=C)CCCC)C(C)(C)C(C)C. The fraction of sp³-hybridized carbons (Fsp3) is 0.765. The molecular weight excluding hydrogens is 223 g/mol. The fourth-order valence-electron chi connectivity index (χ4n) is 2.30. The van der Waals surface area contributed by atoms with E-state index in [4.69, 9.17) is 0 Å². The van der Waals surface area contributed by atoms with Gasteiger partial charge in [-0.2, -0.15) is 0 Å². The summed E-state index contributed by atoms with van der Waals surface area (Å²) in [5.74, 6) is 0.283. The van der Waals surface area contributed by atoms with Gasteiger partial charge in [-0.15, -0.1) is 6.58 Å². The lowest BCUT2D eigenvalue weighted by molar-refractivity contribution is 0.00483. The van der Waals surface area contributed by atoms with E-state index in [-0.39, 0.29) is 11.3 Å². The molecule has 0 aromatic heterocycles. The van der Waals surface area contributed by atoms with E-state index in [2.05, 4.69) is 33.9 Å². The molecule has 0 N–H and O–H groups in total. The number of alkyl halides is 1. The predicted molar refractivity (Wildman–Crippen MR) is 80.6 cm³/mol. The molecule has 0 aromatic carbocycles. The van der Waals surface area contributed by atoms with Gasteiger partial charge in [0.1, 0.15) is 5.67 Å². The number of hydrogen-bond donors (Lipinski definition) is 0. The Kier molecular flexibility index (Phi) is 6.88. The molecule has 1 unspecified atom stereocenters. The Morgan fingerprint density at radius 1 is 1.33 bits per heavy atom. The monoisotopic (exact) mass is 254 g/mol. The second-order valence-corrected chi connectivity index (χ2v) is 6.21. The van der Waals surface area contributed by atoms with Gasteiger partial charge >= 0.3 is 0 Å². The molecule has 0 heterocycles. The molecule has 0 nitrogen and oxygen atoms in total. The summed E-state index contributed by atoms with van der Waals surface area (Å²) in [7, 11) is 0. The van der Waals surface area contributed by atoms with Crippen LogP contribution in [0.1, 0.15) is 66.7 Å². The molecule has 0 aliphatic carbocycles. The van der Waals surface area contributed by atoms with Crippen LogP contribution >= 0.6 is 0 Å². The van der Waals surface area contributed by atoms with E-state index in [0.29, 0.717) is 12.8 Å². The summed E-state index contributed by atoms with van der Waals surface area (Å²) >= 11 is 0. The van der Waals surface area contributed by atoms with Crippen molar-refractivity contribution in [2.45, 2.75) is 72.4 Å². The van der Waals surface area contributed by atoms with Crippen LogP contribution in [0.5, 0.6) is 0 Å². The zero-order valence-corrected chi connectivity index (χ0v) is 13.0. The zero-order valence-electron chi connectivity index (χ0n) is 13.0. The van der Waals surface area contributed by atoms with Crippen molar-refractivity contribution in [3.05, 3.63) is 24.8 Å². The van der Waals surface area contributed by atoms with Crippen LogP contribution in [0.15, 0.2) is 24.8 Å². The largest absolute Gasteiger partial charge is 0.238 e. The molecule has 0 aromatic rings. The molecule has 0 amide bonds. The number of hydrogen-bond acceptors (Lipinski definition) is 0. The van der Waals surface area contributed by atoms with Crippen molar-refractivity contribution in [1.29, 1.82) is 0 Å². The van der Waals surface area contributed by atoms with Gasteiger partial charge in [-0.25, -0.2) is 4.39 Å². The molecule has 106 valence electrons. The Morgan fingerprint density at radius 3 is 2.28 bits per heavy atom. The van der Waals surface area contributed by atoms with Gasteiger partial charge in [0.05, 0.1) is 0 Å². The maximum absolute atomic E-state index is 15.6. The van der Waals surface area contributed by atoms with Gasteiger partial charge < -0.3 is 0 Å². The van der Waals surface area contributed by atoms with Gasteiger partial charge in [0.25, 0.3) is 0 Å². The van der Waals surface area contributed by atoms with E-state index < -0.39 is 5.67 Å². The smallest absolute Gasteiger partial charge is 0.137 e. The van der Waals surface area contributed by atoms with Gasteiger partial charge in [-0.3, -0.25) is 0 Å². The first kappa shape index (κ1) is 17.4. The van der Waals surface area contributed by atoms with Crippen molar-refractivity contribution in [2.24, 2.45) is 11.3 Å². The Bertz CT molecular complexity index is 275. The summed E-state index contributed by atoms with van der Waals surface area (Å²) < 4.78 is 15.6. The third kappa shape index (κ3) is 3.70. The maximum Gasteiger partial charge on any atom is 0.137 e. The average Bonchev–Trinajstić information content (AvgIpc) is 2.32. The molecule has 1 heteroatoms. The highest BCUT2D eigenvalue weighted by molar-refractivity contribution is 5.19. The zero-order chi connectivity index (χ0) is 14.4. The van der Waals surface area contributed by atoms with Crippen molar-refractivity contribution in [2.75, 3.05) is 0 Å². The molecule has 0 fully saturated rings. The molecule has 0 spiro atoms. The van der Waals surface area contributed by atoms with E-state index in [9.17, 15) is 0 Å². The second-order valence-electron chi connectivity index (χ2n) is 6.21. The molecule has 0 radical (unpaired) electrons. The van der Waals surface area contributed by atoms with E-state index >= 15 is 4.39 Å². The van der Waals surface area contributed by atoms with Crippen LogP contribution in [-0.4, -0.2) is 5.67 Å². The van der Waals surface area contributed by atoms with Crippen molar-refractivity contribution in [1.82, 2.24) is 0 Å². The van der Waals surface area contributed by atoms with Crippen LogP contribution in [0.25, 0.3) is 0 Å². The lowest BCUT2D eigenvalue weighted by atomic mass is 9.63. The highest BCUT2D eigenvalue weighted by atomic mass is 19.1. The van der Waals surface area contributed by atoms with Crippen LogP contribution in [-0.2, 0) is 0 Å². The summed E-state index contributed by atoms with van der Waals surface area (Å²) in [5.41, 5.74) is -0.907. The molecule has 18 heavy (non-hydrogen) atoms. The standard InChI is InChI=1S/C17H31F/c1-8-10-12-15(5)17(18,13-11-9-2)16(6,7)14(3)4/h9,14H,2,5,8,10-13H2,1,3-4,6-7H3. The average molecular weight is 254 g/mol. The fourth-order valence-corrected chi connectivity index (χ4v) is 2.30. The maximum atomic E-state index is 15.6. The first-order valence-electron chi connectivity index (χ1n) is 7.22. The minimum atomic E-state index is -1.29. The van der Waals surface area contributed by atoms with Crippen molar-refractivity contribution < 1.29 is 4.39 Å². The number of halogens is 1. The Morgan fingerprint density at radius 2 is 1.89 bits per heavy atom. The molecule has 0 aliphatic heterocycles. The summed E-state index contributed by atoms with van der Waals surface area (Å²) in [6.07, 6.45) is 5.91. The normalized spacial score (nSPS) is 15.5. The Balaban J connectivity index is 5.15. The molecule has 0 aliphatic rings. The molecule has 0 saturated heterocycles. The van der Waals surface area contributed by atoms with Gasteiger partial charge in [0.2, 0.25) is 0 Å². The van der Waals surface area contributed by atoms with Gasteiger partial charge in [-0.05, 0) is 37.2 Å². The van der Waals surface area contributed by atoms with Crippen LogP contribution in [0.3, 0.4) is 0 Å². The second kappa shape index (κ2) is 7.11. The third-order valence-corrected chi connectivity index (χ3v) is 4.55. The van der Waals surface area contributed by atoms with Crippen LogP contribution in [0.2, 0.25) is 0 Å². The summed E-state index contributed by atoms with van der Waals surface area (Å²) in [6.45, 7) is 18.1. The molecule has 1 atom stereocenters. The molecular formula is C17H31F. The first-order valence-corrected chi connectivity index (χ1v) is 7.22. The quantitative estimate of drug-likeness (QED) is 0.437. The van der Waals surface area contributed by atoms with Gasteiger partial charge in [0, 0.05) is 5.41 Å². The lowest BCUT2D eigenvalue weighted by Crippen LogP contribution is -2.45. The van der Waals surface area contributed by atoms with E-state index in [1.807, 2.05) is 13.8 Å². The van der Waals surface area contributed by atoms with E-state index in [0.717, 1.165) is 24.8 Å². The topological polar surface area (TPSA) is 0 Å². The van der Waals surface area contributed by atoms with Gasteiger partial charge in [0.15, 0.2) is 0 Å².